The summed E-state index contributed by atoms with van der Waals surface area (Å²) in [5, 5.41) is 0. The molecule has 0 unspecified atom stereocenters. The van der Waals surface area contributed by atoms with Gasteiger partial charge in [0.1, 0.15) is 0 Å². The predicted octanol–water partition coefficient (Wildman–Crippen LogP) is 3.53. The Kier molecular flexibility index (Phi) is 5.19. The van der Waals surface area contributed by atoms with Crippen molar-refractivity contribution in [3.8, 4) is 0 Å². The highest BCUT2D eigenvalue weighted by molar-refractivity contribution is 7.92. The highest BCUT2D eigenvalue weighted by Crippen LogP contribution is 2.19. The van der Waals surface area contributed by atoms with Crippen LogP contribution in [0.5, 0.6) is 0 Å². The molecule has 27 heavy (non-hydrogen) atoms. The number of anilines is 1. The van der Waals surface area contributed by atoms with Crippen LogP contribution in [0.25, 0.3) is 0 Å². The number of nitrogens with zero attached hydrogens (tertiary/aromatic N) is 1. The minimum atomic E-state index is -3.32. The minimum Gasteiger partial charge on any atom is -0.345 e. The molecule has 3 aromatic rings. The third-order valence-corrected chi connectivity index (χ3v) is 4.99. The molecule has 140 valence electrons. The standard InChI is InChI=1S/C21H22N2O3S/c1-15-7-9-17(10-8-15)21(24)20-12-11-19(23(20)2)14-16-5-4-6-18(13-16)22-27(3,25)26/h4-13,22H,14H2,1-3H3. The minimum absolute atomic E-state index is 0.0174. The highest BCUT2D eigenvalue weighted by atomic mass is 32.2. The van der Waals surface area contributed by atoms with Crippen LogP contribution in [0.2, 0.25) is 0 Å². The van der Waals surface area contributed by atoms with Gasteiger partial charge in [-0.2, -0.15) is 0 Å². The second-order valence-corrected chi connectivity index (χ2v) is 8.46. The number of ketones is 1. The van der Waals surface area contributed by atoms with E-state index in [-0.39, 0.29) is 5.78 Å². The lowest BCUT2D eigenvalue weighted by Gasteiger charge is -2.09. The van der Waals surface area contributed by atoms with Gasteiger partial charge in [-0.1, -0.05) is 42.0 Å². The summed E-state index contributed by atoms with van der Waals surface area (Å²) in [6.45, 7) is 1.99. The van der Waals surface area contributed by atoms with Crippen LogP contribution in [0.1, 0.15) is 32.9 Å². The molecule has 0 fully saturated rings. The monoisotopic (exact) mass is 382 g/mol. The topological polar surface area (TPSA) is 68.2 Å². The van der Waals surface area contributed by atoms with Gasteiger partial charge in [-0.25, -0.2) is 8.42 Å². The second-order valence-electron chi connectivity index (χ2n) is 6.72. The van der Waals surface area contributed by atoms with Crippen LogP contribution in [-0.2, 0) is 23.5 Å². The number of aromatic nitrogens is 1. The number of rotatable bonds is 6. The van der Waals surface area contributed by atoms with Gasteiger partial charge in [-0.3, -0.25) is 9.52 Å². The lowest BCUT2D eigenvalue weighted by Crippen LogP contribution is -2.10. The van der Waals surface area contributed by atoms with Crippen LogP contribution in [0.15, 0.2) is 60.7 Å². The van der Waals surface area contributed by atoms with Gasteiger partial charge in [0.15, 0.2) is 0 Å². The maximum absolute atomic E-state index is 12.8. The van der Waals surface area contributed by atoms with Crippen LogP contribution in [-0.4, -0.2) is 25.0 Å². The Morgan fingerprint density at radius 3 is 2.41 bits per heavy atom. The molecule has 1 heterocycles. The van der Waals surface area contributed by atoms with Crippen molar-refractivity contribution in [2.75, 3.05) is 11.0 Å². The molecule has 0 saturated carbocycles. The number of hydrogen-bond acceptors (Lipinski definition) is 3. The summed E-state index contributed by atoms with van der Waals surface area (Å²) in [6.07, 6.45) is 1.72. The van der Waals surface area contributed by atoms with E-state index < -0.39 is 10.0 Å². The van der Waals surface area contributed by atoms with E-state index >= 15 is 0 Å². The summed E-state index contributed by atoms with van der Waals surface area (Å²) in [7, 11) is -1.45. The fourth-order valence-electron chi connectivity index (χ4n) is 2.98. The maximum Gasteiger partial charge on any atom is 0.229 e. The van der Waals surface area contributed by atoms with Gasteiger partial charge < -0.3 is 4.57 Å². The lowest BCUT2D eigenvalue weighted by molar-refractivity contribution is 0.103. The van der Waals surface area contributed by atoms with Gasteiger partial charge in [-0.15, -0.1) is 0 Å². The van der Waals surface area contributed by atoms with Gasteiger partial charge in [0, 0.05) is 30.4 Å². The first-order valence-electron chi connectivity index (χ1n) is 8.55. The van der Waals surface area contributed by atoms with E-state index in [1.807, 2.05) is 67.1 Å². The Bertz CT molecular complexity index is 1080. The Morgan fingerprint density at radius 1 is 1.04 bits per heavy atom. The molecule has 1 N–H and O–H groups in total. The van der Waals surface area contributed by atoms with Gasteiger partial charge in [0.2, 0.25) is 15.8 Å². The Hall–Kier alpha value is -2.86. The van der Waals surface area contributed by atoms with E-state index in [4.69, 9.17) is 0 Å². The molecule has 0 amide bonds. The summed E-state index contributed by atoms with van der Waals surface area (Å²) < 4.78 is 27.2. The SMILES string of the molecule is Cc1ccc(C(=O)c2ccc(Cc3cccc(NS(C)(=O)=O)c3)n2C)cc1. The van der Waals surface area contributed by atoms with Crippen molar-refractivity contribution in [1.82, 2.24) is 4.57 Å². The molecule has 3 rings (SSSR count). The van der Waals surface area contributed by atoms with Crippen LogP contribution in [0, 0.1) is 6.92 Å². The smallest absolute Gasteiger partial charge is 0.229 e. The van der Waals surface area contributed by atoms with Crippen molar-refractivity contribution in [3.05, 3.63) is 88.7 Å². The first-order chi connectivity index (χ1) is 12.7. The van der Waals surface area contributed by atoms with Crippen LogP contribution >= 0.6 is 0 Å². The predicted molar refractivity (Wildman–Crippen MR) is 108 cm³/mol. The molecule has 0 saturated heterocycles. The average molecular weight is 382 g/mol. The van der Waals surface area contributed by atoms with Crippen LogP contribution in [0.4, 0.5) is 5.69 Å². The van der Waals surface area contributed by atoms with E-state index in [1.165, 1.54) is 0 Å². The molecule has 2 aromatic carbocycles. The average Bonchev–Trinajstić information content (AvgIpc) is 2.94. The zero-order valence-electron chi connectivity index (χ0n) is 15.6. The first-order valence-corrected chi connectivity index (χ1v) is 10.4. The Balaban J connectivity index is 1.83. The number of nitrogens with one attached hydrogen (secondary N) is 1. The van der Waals surface area contributed by atoms with Crippen LogP contribution < -0.4 is 4.72 Å². The van der Waals surface area contributed by atoms with Crippen molar-refractivity contribution < 1.29 is 13.2 Å². The molecule has 0 atom stereocenters. The zero-order valence-corrected chi connectivity index (χ0v) is 16.4. The van der Waals surface area contributed by atoms with Crippen molar-refractivity contribution in [3.63, 3.8) is 0 Å². The number of sulfonamides is 1. The summed E-state index contributed by atoms with van der Waals surface area (Å²) in [5.41, 5.74) is 4.86. The van der Waals surface area contributed by atoms with E-state index in [0.29, 0.717) is 23.4 Å². The molecule has 0 spiro atoms. The molecular formula is C21H22N2O3S. The molecule has 0 aliphatic heterocycles. The van der Waals surface area contributed by atoms with Crippen molar-refractivity contribution in [2.45, 2.75) is 13.3 Å². The van der Waals surface area contributed by atoms with Crippen LogP contribution in [0.3, 0.4) is 0 Å². The summed E-state index contributed by atoms with van der Waals surface area (Å²) in [4.78, 5) is 12.8. The Labute approximate surface area is 159 Å². The first kappa shape index (κ1) is 18.9. The van der Waals surface area contributed by atoms with E-state index in [0.717, 1.165) is 23.1 Å². The third kappa shape index (κ3) is 4.65. The lowest BCUT2D eigenvalue weighted by atomic mass is 10.1. The number of aryl methyl sites for hydroxylation is 1. The van der Waals surface area contributed by atoms with Gasteiger partial charge in [0.25, 0.3) is 0 Å². The molecule has 5 nitrogen and oxygen atoms in total. The molecule has 6 heteroatoms. The zero-order chi connectivity index (χ0) is 19.6. The fourth-order valence-corrected chi connectivity index (χ4v) is 3.53. The Morgan fingerprint density at radius 2 is 1.74 bits per heavy atom. The molecule has 0 aliphatic rings. The fraction of sp³-hybridized carbons (Fsp3) is 0.190. The second kappa shape index (κ2) is 7.40. The highest BCUT2D eigenvalue weighted by Gasteiger charge is 2.15. The number of hydrogen-bond donors (Lipinski definition) is 1. The largest absolute Gasteiger partial charge is 0.345 e. The van der Waals surface area contributed by atoms with Crippen molar-refractivity contribution in [1.29, 1.82) is 0 Å². The summed E-state index contributed by atoms with van der Waals surface area (Å²) in [6, 6.07) is 18.5. The molecule has 0 radical (unpaired) electrons. The molecule has 0 aliphatic carbocycles. The summed E-state index contributed by atoms with van der Waals surface area (Å²) >= 11 is 0. The molecular weight excluding hydrogens is 360 g/mol. The maximum atomic E-state index is 12.8. The van der Waals surface area contributed by atoms with E-state index in [1.54, 1.807) is 12.1 Å². The molecule has 0 bridgehead atoms. The van der Waals surface area contributed by atoms with Gasteiger partial charge in [-0.05, 0) is 36.8 Å². The molecule has 1 aromatic heterocycles. The third-order valence-electron chi connectivity index (χ3n) is 4.39. The number of carbonyl (C=O) groups excluding carboxylic acids is 1. The normalized spacial score (nSPS) is 11.4. The van der Waals surface area contributed by atoms with Crippen molar-refractivity contribution in [2.24, 2.45) is 7.05 Å². The van der Waals surface area contributed by atoms with E-state index in [2.05, 4.69) is 4.72 Å². The van der Waals surface area contributed by atoms with Gasteiger partial charge in [0.05, 0.1) is 11.9 Å². The van der Waals surface area contributed by atoms with E-state index in [9.17, 15) is 13.2 Å². The number of carbonyl (C=O) groups is 1. The number of benzene rings is 2. The van der Waals surface area contributed by atoms with Crippen molar-refractivity contribution >= 4 is 21.5 Å². The summed E-state index contributed by atoms with van der Waals surface area (Å²) in [5.74, 6) is -0.0174. The quantitative estimate of drug-likeness (QED) is 0.663. The van der Waals surface area contributed by atoms with Gasteiger partial charge >= 0.3 is 0 Å².